The third-order valence-electron chi connectivity index (χ3n) is 12.7. The molecule has 41 heavy (non-hydrogen) atoms. The van der Waals surface area contributed by atoms with Crippen molar-refractivity contribution in [2.45, 2.75) is 140 Å². The number of ether oxygens (including phenoxy) is 5. The molecule has 228 valence electrons. The fourth-order valence-corrected chi connectivity index (χ4v) is 10.7. The number of fused-ring (bicyclic) bond motifs is 6. The van der Waals surface area contributed by atoms with E-state index in [0.717, 1.165) is 31.1 Å². The lowest BCUT2D eigenvalue weighted by Crippen LogP contribution is -2.69. The maximum absolute atomic E-state index is 13.1. The van der Waals surface area contributed by atoms with Crippen molar-refractivity contribution in [1.29, 1.82) is 0 Å². The first-order valence-corrected chi connectivity index (χ1v) is 15.8. The van der Waals surface area contributed by atoms with Gasteiger partial charge in [0.1, 0.15) is 19.0 Å². The van der Waals surface area contributed by atoms with Gasteiger partial charge < -0.3 is 38.7 Å². The van der Waals surface area contributed by atoms with Gasteiger partial charge >= 0.3 is 5.97 Å². The number of carbonyl (C=O) groups excluding carboxylic acids is 2. The molecule has 3 aliphatic heterocycles. The second kappa shape index (κ2) is 9.32. The molecule has 0 aromatic carbocycles. The van der Waals surface area contributed by atoms with Crippen molar-refractivity contribution in [3.05, 3.63) is 11.6 Å². The molecule has 6 fully saturated rings. The topological polar surface area (TPSA) is 121 Å². The summed E-state index contributed by atoms with van der Waals surface area (Å²) in [4.78, 5) is 24.9. The summed E-state index contributed by atoms with van der Waals surface area (Å²) in [6, 6.07) is 0. The predicted molar refractivity (Wildman–Crippen MR) is 145 cm³/mol. The van der Waals surface area contributed by atoms with Crippen LogP contribution in [-0.2, 0) is 33.3 Å². The number of rotatable bonds is 4. The number of aldehydes is 1. The van der Waals surface area contributed by atoms with Gasteiger partial charge in [-0.2, -0.15) is 0 Å². The molecule has 9 nitrogen and oxygen atoms in total. The van der Waals surface area contributed by atoms with Crippen LogP contribution in [0.2, 0.25) is 0 Å². The lowest BCUT2D eigenvalue weighted by molar-refractivity contribution is -0.278. The summed E-state index contributed by atoms with van der Waals surface area (Å²) in [5.41, 5.74) is -2.44. The third kappa shape index (κ3) is 4.02. The molecular weight excluding hydrogens is 528 g/mol. The van der Waals surface area contributed by atoms with Crippen molar-refractivity contribution >= 4 is 12.3 Å². The van der Waals surface area contributed by atoms with Crippen molar-refractivity contribution in [3.8, 4) is 0 Å². The van der Waals surface area contributed by atoms with E-state index in [1.807, 2.05) is 20.8 Å². The highest BCUT2D eigenvalue weighted by Gasteiger charge is 2.71. The molecule has 12 atom stereocenters. The molecular formula is C32H46O9. The molecule has 7 rings (SSSR count). The molecule has 7 aliphatic rings. The molecule has 0 unspecified atom stereocenters. The largest absolute Gasteiger partial charge is 0.458 e. The van der Waals surface area contributed by atoms with E-state index in [-0.39, 0.29) is 53.6 Å². The lowest BCUT2D eigenvalue weighted by Gasteiger charge is -2.65. The van der Waals surface area contributed by atoms with Crippen LogP contribution in [0.5, 0.6) is 0 Å². The average Bonchev–Trinajstić information content (AvgIpc) is 3.55. The van der Waals surface area contributed by atoms with Crippen LogP contribution >= 0.6 is 0 Å². The van der Waals surface area contributed by atoms with Gasteiger partial charge in [0, 0.05) is 24.3 Å². The first-order valence-electron chi connectivity index (χ1n) is 15.8. The summed E-state index contributed by atoms with van der Waals surface area (Å²) in [6.07, 6.45) is 7.78. The number of hydrogen-bond acceptors (Lipinski definition) is 9. The number of carbonyl (C=O) groups is 2. The lowest BCUT2D eigenvalue weighted by atomic mass is 9.41. The van der Waals surface area contributed by atoms with Crippen LogP contribution in [0, 0.1) is 28.6 Å². The molecule has 2 saturated heterocycles. The van der Waals surface area contributed by atoms with E-state index in [1.54, 1.807) is 6.08 Å². The highest BCUT2D eigenvalue weighted by molar-refractivity contribution is 5.85. The number of esters is 1. The third-order valence-corrected chi connectivity index (χ3v) is 12.7. The molecule has 2 N–H and O–H groups in total. The Labute approximate surface area is 242 Å². The fraction of sp³-hybridized carbons (Fsp3) is 0.875. The van der Waals surface area contributed by atoms with E-state index in [9.17, 15) is 19.8 Å². The molecule has 0 bridgehead atoms. The molecule has 0 aromatic rings. The fourth-order valence-electron chi connectivity index (χ4n) is 10.7. The van der Waals surface area contributed by atoms with Gasteiger partial charge in [-0.1, -0.05) is 6.92 Å². The van der Waals surface area contributed by atoms with Crippen molar-refractivity contribution in [1.82, 2.24) is 0 Å². The van der Waals surface area contributed by atoms with Crippen molar-refractivity contribution in [2.75, 3.05) is 6.61 Å². The summed E-state index contributed by atoms with van der Waals surface area (Å²) in [7, 11) is 0. The highest BCUT2D eigenvalue weighted by atomic mass is 16.8. The number of cyclic esters (lactones) is 1. The Morgan fingerprint density at radius 3 is 2.51 bits per heavy atom. The summed E-state index contributed by atoms with van der Waals surface area (Å²) >= 11 is 0. The minimum absolute atomic E-state index is 0.0739. The molecule has 0 amide bonds. The van der Waals surface area contributed by atoms with Crippen LogP contribution in [0.15, 0.2) is 11.6 Å². The average molecular weight is 575 g/mol. The number of hydrogen-bond donors (Lipinski definition) is 2. The molecule has 0 aromatic heterocycles. The summed E-state index contributed by atoms with van der Waals surface area (Å²) in [5, 5.41) is 24.7. The quantitative estimate of drug-likeness (QED) is 0.295. The minimum atomic E-state index is -1.19. The molecule has 0 spiro atoms. The van der Waals surface area contributed by atoms with Crippen LogP contribution in [0.25, 0.3) is 0 Å². The van der Waals surface area contributed by atoms with E-state index in [0.29, 0.717) is 51.6 Å². The molecule has 9 heteroatoms. The van der Waals surface area contributed by atoms with Crippen LogP contribution in [0.3, 0.4) is 0 Å². The maximum atomic E-state index is 13.1. The van der Waals surface area contributed by atoms with E-state index < -0.39 is 28.7 Å². The van der Waals surface area contributed by atoms with E-state index in [2.05, 4.69) is 6.92 Å². The molecule has 4 aliphatic carbocycles. The summed E-state index contributed by atoms with van der Waals surface area (Å²) in [5.74, 6) is -1.02. The Morgan fingerprint density at radius 1 is 1.00 bits per heavy atom. The Bertz CT molecular complexity index is 1140. The molecule has 3 heterocycles. The Balaban J connectivity index is 1.08. The van der Waals surface area contributed by atoms with Crippen LogP contribution in [0.4, 0.5) is 0 Å². The second-order valence-electron chi connectivity index (χ2n) is 14.9. The van der Waals surface area contributed by atoms with Gasteiger partial charge in [0.15, 0.2) is 12.1 Å². The van der Waals surface area contributed by atoms with E-state index >= 15 is 0 Å². The second-order valence-corrected chi connectivity index (χ2v) is 14.9. The molecule has 0 radical (unpaired) electrons. The minimum Gasteiger partial charge on any atom is -0.458 e. The van der Waals surface area contributed by atoms with Gasteiger partial charge in [0.2, 0.25) is 0 Å². The number of aliphatic hydroxyl groups is 2. The Hall–Kier alpha value is -1.36. The first-order chi connectivity index (χ1) is 19.3. The standard InChI is InChI=1S/C32H46O9/c1-18-27-24(40-28(2,3)41-27)14-26(38-18)39-20-5-10-30(17-33)22-6-9-29(4)21(19-13-25(34)37-16-19)8-12-32(29,36)23(22)7-11-31(30,35)15-20/h13,17-18,20-24,26-27,35-36H,5-12,14-16H2,1-4H3/t18-,20+,21+,22-,23+,24+,26-,27-,29+,30-,31-,32+/m0/s1. The predicted octanol–water partition coefficient (Wildman–Crippen LogP) is 3.58. The Kier molecular flexibility index (Phi) is 6.46. The Morgan fingerprint density at radius 2 is 1.78 bits per heavy atom. The smallest absolute Gasteiger partial charge is 0.331 e. The zero-order valence-corrected chi connectivity index (χ0v) is 24.8. The maximum Gasteiger partial charge on any atom is 0.331 e. The van der Waals surface area contributed by atoms with Crippen LogP contribution in [0.1, 0.15) is 91.9 Å². The van der Waals surface area contributed by atoms with Gasteiger partial charge in [-0.3, -0.25) is 0 Å². The SMILES string of the molecule is C[C@@H]1O[C@@H](O[C@@H]2CC[C@]3(C=O)[C@H]4CC[C@]5(C)[C@@H](C6=CC(=O)OC6)CC[C@@]5(O)[C@@H]4CC[C@]3(O)C2)C[C@H]2OC(C)(C)O[C@@H]12. The first kappa shape index (κ1) is 28.4. The summed E-state index contributed by atoms with van der Waals surface area (Å²) in [6.45, 7) is 8.28. The summed E-state index contributed by atoms with van der Waals surface area (Å²) < 4.78 is 30.0. The van der Waals surface area contributed by atoms with Gasteiger partial charge in [-0.25, -0.2) is 4.79 Å². The van der Waals surface area contributed by atoms with E-state index in [1.165, 1.54) is 0 Å². The van der Waals surface area contributed by atoms with Crippen molar-refractivity contribution in [2.24, 2.45) is 28.6 Å². The van der Waals surface area contributed by atoms with Gasteiger partial charge in [-0.15, -0.1) is 0 Å². The monoisotopic (exact) mass is 574 g/mol. The van der Waals surface area contributed by atoms with Crippen LogP contribution < -0.4 is 0 Å². The normalized spacial score (nSPS) is 53.9. The van der Waals surface area contributed by atoms with Gasteiger partial charge in [0.25, 0.3) is 0 Å². The van der Waals surface area contributed by atoms with Gasteiger partial charge in [-0.05, 0) is 95.5 Å². The molecule has 4 saturated carbocycles. The zero-order valence-electron chi connectivity index (χ0n) is 24.8. The van der Waals surface area contributed by atoms with Crippen molar-refractivity contribution in [3.63, 3.8) is 0 Å². The van der Waals surface area contributed by atoms with Crippen molar-refractivity contribution < 1.29 is 43.5 Å². The highest BCUT2D eigenvalue weighted by Crippen LogP contribution is 2.70. The van der Waals surface area contributed by atoms with E-state index in [4.69, 9.17) is 23.7 Å². The van der Waals surface area contributed by atoms with Crippen LogP contribution in [-0.4, -0.2) is 76.8 Å². The van der Waals surface area contributed by atoms with Gasteiger partial charge in [0.05, 0.1) is 34.9 Å². The zero-order chi connectivity index (χ0) is 29.0.